The lowest BCUT2D eigenvalue weighted by molar-refractivity contribution is 0.211. The summed E-state index contributed by atoms with van der Waals surface area (Å²) >= 11 is 0. The van der Waals surface area contributed by atoms with Gasteiger partial charge in [-0.1, -0.05) is 6.92 Å². The summed E-state index contributed by atoms with van der Waals surface area (Å²) in [6.45, 7) is 4.41. The first-order valence-corrected chi connectivity index (χ1v) is 4.91. The molecule has 0 aliphatic heterocycles. The highest BCUT2D eigenvalue weighted by Gasteiger charge is 2.26. The van der Waals surface area contributed by atoms with Gasteiger partial charge in [0.2, 0.25) is 11.6 Å². The van der Waals surface area contributed by atoms with Gasteiger partial charge in [-0.2, -0.15) is 8.78 Å². The molecule has 0 bridgehead atoms. The highest BCUT2D eigenvalue weighted by atomic mass is 19.2. The van der Waals surface area contributed by atoms with Crippen molar-refractivity contribution in [2.45, 2.75) is 33.3 Å². The topological polar surface area (TPSA) is 9.23 Å². The van der Waals surface area contributed by atoms with Crippen molar-refractivity contribution in [1.29, 1.82) is 0 Å². The van der Waals surface area contributed by atoms with Crippen LogP contribution in [-0.2, 0) is 6.42 Å². The summed E-state index contributed by atoms with van der Waals surface area (Å²) < 4.78 is 58.0. The minimum absolute atomic E-state index is 0.131. The van der Waals surface area contributed by atoms with Crippen LogP contribution in [0.4, 0.5) is 17.6 Å². The molecule has 16 heavy (non-hydrogen) atoms. The van der Waals surface area contributed by atoms with E-state index in [0.29, 0.717) is 0 Å². The molecule has 1 rings (SSSR count). The van der Waals surface area contributed by atoms with Gasteiger partial charge in [0.15, 0.2) is 17.4 Å². The summed E-state index contributed by atoms with van der Waals surface area (Å²) in [7, 11) is 0. The lowest BCUT2D eigenvalue weighted by atomic mass is 10.1. The van der Waals surface area contributed by atoms with Gasteiger partial charge in [0, 0.05) is 5.56 Å². The van der Waals surface area contributed by atoms with Crippen molar-refractivity contribution >= 4 is 0 Å². The first-order valence-electron chi connectivity index (χ1n) is 4.91. The molecule has 0 amide bonds. The second-order valence-electron chi connectivity index (χ2n) is 3.58. The quantitative estimate of drug-likeness (QED) is 0.575. The van der Waals surface area contributed by atoms with Crippen LogP contribution in [0, 0.1) is 23.3 Å². The summed E-state index contributed by atoms with van der Waals surface area (Å²) in [6.07, 6.45) is -0.705. The van der Waals surface area contributed by atoms with Crippen LogP contribution in [0.3, 0.4) is 0 Å². The maximum atomic E-state index is 13.3. The molecule has 0 N–H and O–H groups in total. The third-order valence-corrected chi connectivity index (χ3v) is 2.02. The Morgan fingerprint density at radius 2 is 1.38 bits per heavy atom. The van der Waals surface area contributed by atoms with Crippen molar-refractivity contribution in [3.63, 3.8) is 0 Å². The summed E-state index contributed by atoms with van der Waals surface area (Å²) in [5.74, 6) is -6.75. The zero-order chi connectivity index (χ0) is 12.5. The molecule has 0 unspecified atom stereocenters. The fraction of sp³-hybridized carbons (Fsp3) is 0.455. The first kappa shape index (κ1) is 12.8. The van der Waals surface area contributed by atoms with E-state index in [2.05, 4.69) is 0 Å². The molecule has 0 fully saturated rings. The van der Waals surface area contributed by atoms with Gasteiger partial charge >= 0.3 is 0 Å². The fourth-order valence-corrected chi connectivity index (χ4v) is 1.31. The Hall–Kier alpha value is -1.26. The Morgan fingerprint density at radius 3 is 1.69 bits per heavy atom. The molecule has 0 aliphatic carbocycles. The van der Waals surface area contributed by atoms with Crippen LogP contribution < -0.4 is 4.74 Å². The minimum atomic E-state index is -1.48. The van der Waals surface area contributed by atoms with Gasteiger partial charge in [-0.3, -0.25) is 0 Å². The Bertz CT molecular complexity index is 372. The van der Waals surface area contributed by atoms with E-state index in [-0.39, 0.29) is 6.42 Å². The highest BCUT2D eigenvalue weighted by Crippen LogP contribution is 2.30. The fourth-order valence-electron chi connectivity index (χ4n) is 1.31. The number of halogens is 4. The molecule has 1 aromatic carbocycles. The maximum Gasteiger partial charge on any atom is 0.204 e. The predicted molar refractivity (Wildman–Crippen MR) is 51.4 cm³/mol. The number of hydrogen-bond donors (Lipinski definition) is 0. The molecule has 0 radical (unpaired) electrons. The SMILES string of the molecule is CCc1c(F)c(F)c(OC(C)C)c(F)c1F. The lowest BCUT2D eigenvalue weighted by Crippen LogP contribution is -2.12. The first-order chi connectivity index (χ1) is 7.40. The van der Waals surface area contributed by atoms with Gasteiger partial charge < -0.3 is 4.74 Å². The number of rotatable bonds is 3. The van der Waals surface area contributed by atoms with Crippen LogP contribution in [0.5, 0.6) is 5.75 Å². The summed E-state index contributed by atoms with van der Waals surface area (Å²) in [4.78, 5) is 0. The molecule has 5 heteroatoms. The van der Waals surface area contributed by atoms with Crippen molar-refractivity contribution in [2.24, 2.45) is 0 Å². The van der Waals surface area contributed by atoms with Crippen LogP contribution in [0.15, 0.2) is 0 Å². The molecular formula is C11H12F4O. The third-order valence-electron chi connectivity index (χ3n) is 2.02. The lowest BCUT2D eigenvalue weighted by Gasteiger charge is -2.14. The van der Waals surface area contributed by atoms with Crippen molar-refractivity contribution in [3.8, 4) is 5.75 Å². The van der Waals surface area contributed by atoms with Crippen LogP contribution in [0.1, 0.15) is 26.3 Å². The van der Waals surface area contributed by atoms with E-state index >= 15 is 0 Å². The molecule has 0 saturated heterocycles. The van der Waals surface area contributed by atoms with E-state index < -0.39 is 40.7 Å². The minimum Gasteiger partial charge on any atom is -0.485 e. The van der Waals surface area contributed by atoms with Gasteiger partial charge in [0.1, 0.15) is 0 Å². The van der Waals surface area contributed by atoms with Crippen molar-refractivity contribution in [2.75, 3.05) is 0 Å². The monoisotopic (exact) mass is 236 g/mol. The largest absolute Gasteiger partial charge is 0.485 e. The van der Waals surface area contributed by atoms with Gasteiger partial charge in [-0.25, -0.2) is 8.78 Å². The van der Waals surface area contributed by atoms with E-state index in [1.807, 2.05) is 0 Å². The zero-order valence-electron chi connectivity index (χ0n) is 9.20. The van der Waals surface area contributed by atoms with Crippen molar-refractivity contribution < 1.29 is 22.3 Å². The third kappa shape index (κ3) is 2.13. The molecule has 0 aromatic heterocycles. The molecule has 0 aliphatic rings. The Balaban J connectivity index is 3.41. The van der Waals surface area contributed by atoms with Gasteiger partial charge in [-0.05, 0) is 20.3 Å². The van der Waals surface area contributed by atoms with Crippen LogP contribution in [0.25, 0.3) is 0 Å². The maximum absolute atomic E-state index is 13.3. The van der Waals surface area contributed by atoms with E-state index in [4.69, 9.17) is 4.74 Å². The predicted octanol–water partition coefficient (Wildman–Crippen LogP) is 3.59. The highest BCUT2D eigenvalue weighted by molar-refractivity contribution is 5.34. The Morgan fingerprint density at radius 1 is 0.938 bits per heavy atom. The molecular weight excluding hydrogens is 224 g/mol. The van der Waals surface area contributed by atoms with Crippen LogP contribution in [-0.4, -0.2) is 6.10 Å². The zero-order valence-corrected chi connectivity index (χ0v) is 9.20. The van der Waals surface area contributed by atoms with Crippen LogP contribution in [0.2, 0.25) is 0 Å². The average Bonchev–Trinajstić information content (AvgIpc) is 2.22. The summed E-state index contributed by atoms with van der Waals surface area (Å²) in [5, 5.41) is 0. The second kappa shape index (κ2) is 4.72. The molecule has 0 atom stereocenters. The van der Waals surface area contributed by atoms with Gasteiger partial charge in [-0.15, -0.1) is 0 Å². The number of ether oxygens (including phenoxy) is 1. The van der Waals surface area contributed by atoms with Gasteiger partial charge in [0.25, 0.3) is 0 Å². The summed E-state index contributed by atoms with van der Waals surface area (Å²) in [6, 6.07) is 0. The Kier molecular flexibility index (Phi) is 3.78. The molecule has 90 valence electrons. The average molecular weight is 236 g/mol. The van der Waals surface area contributed by atoms with Crippen molar-refractivity contribution in [3.05, 3.63) is 28.8 Å². The molecule has 1 aromatic rings. The Labute approximate surface area is 91.0 Å². The normalized spacial score (nSPS) is 11.0. The standard InChI is InChI=1S/C11H12F4O/c1-4-6-7(12)9(14)11(16-5(2)3)10(15)8(6)13/h5H,4H2,1-3H3. The summed E-state index contributed by atoms with van der Waals surface area (Å²) in [5.41, 5.74) is -0.605. The number of benzene rings is 1. The molecule has 0 heterocycles. The smallest absolute Gasteiger partial charge is 0.204 e. The molecule has 0 spiro atoms. The molecule has 1 nitrogen and oxygen atoms in total. The van der Waals surface area contributed by atoms with Crippen molar-refractivity contribution in [1.82, 2.24) is 0 Å². The van der Waals surface area contributed by atoms with E-state index in [0.717, 1.165) is 0 Å². The van der Waals surface area contributed by atoms with E-state index in [1.165, 1.54) is 20.8 Å². The second-order valence-corrected chi connectivity index (χ2v) is 3.58. The van der Waals surface area contributed by atoms with E-state index in [1.54, 1.807) is 0 Å². The van der Waals surface area contributed by atoms with E-state index in [9.17, 15) is 17.6 Å². The molecule has 0 saturated carbocycles. The number of hydrogen-bond acceptors (Lipinski definition) is 1. The van der Waals surface area contributed by atoms with Gasteiger partial charge in [0.05, 0.1) is 6.10 Å². The van der Waals surface area contributed by atoms with Crippen LogP contribution >= 0.6 is 0 Å².